The molecule has 0 aromatic heterocycles. The Labute approximate surface area is 283 Å². The number of benzene rings is 5. The van der Waals surface area contributed by atoms with Crippen molar-refractivity contribution >= 4 is 35.1 Å². The van der Waals surface area contributed by atoms with Crippen molar-refractivity contribution in [2.24, 2.45) is 0 Å². The van der Waals surface area contributed by atoms with Crippen LogP contribution in [-0.2, 0) is 5.41 Å². The SMILES string of the molecule is COc1ccc(C(C)(C)c2ccc(Oc3ccc(C(=O)Nc4ccc(NC(=O)c5cc(C)ccc5C(=O)O)cc4)c(C(=O)O)c3)cc2)cc1. The van der Waals surface area contributed by atoms with Gasteiger partial charge >= 0.3 is 11.9 Å². The molecule has 0 saturated heterocycles. The maximum atomic E-state index is 13.1. The molecule has 0 spiro atoms. The van der Waals surface area contributed by atoms with Gasteiger partial charge in [0.1, 0.15) is 17.2 Å². The number of nitrogens with one attached hydrogen (secondary N) is 2. The summed E-state index contributed by atoms with van der Waals surface area (Å²) < 4.78 is 11.2. The highest BCUT2D eigenvalue weighted by molar-refractivity contribution is 6.12. The van der Waals surface area contributed by atoms with Crippen LogP contribution in [0.4, 0.5) is 11.4 Å². The van der Waals surface area contributed by atoms with Crippen LogP contribution < -0.4 is 20.1 Å². The first-order valence-corrected chi connectivity index (χ1v) is 15.2. The largest absolute Gasteiger partial charge is 0.497 e. The fourth-order valence-electron chi connectivity index (χ4n) is 5.28. The van der Waals surface area contributed by atoms with Gasteiger partial charge in [0.15, 0.2) is 0 Å². The van der Waals surface area contributed by atoms with Gasteiger partial charge in [-0.25, -0.2) is 9.59 Å². The number of aryl methyl sites for hydroxylation is 1. The third-order valence-electron chi connectivity index (χ3n) is 8.14. The van der Waals surface area contributed by atoms with E-state index in [0.717, 1.165) is 22.4 Å². The first-order chi connectivity index (χ1) is 23.3. The Morgan fingerprint density at radius 1 is 0.551 bits per heavy atom. The Balaban J connectivity index is 1.25. The van der Waals surface area contributed by atoms with Gasteiger partial charge in [0.25, 0.3) is 11.8 Å². The fraction of sp³-hybridized carbons (Fsp3) is 0.128. The van der Waals surface area contributed by atoms with E-state index in [-0.39, 0.29) is 33.4 Å². The molecule has 5 aromatic carbocycles. The molecule has 0 fully saturated rings. The van der Waals surface area contributed by atoms with Crippen LogP contribution in [0.25, 0.3) is 0 Å². The van der Waals surface area contributed by atoms with Gasteiger partial charge in [0, 0.05) is 16.8 Å². The molecule has 5 rings (SSSR count). The van der Waals surface area contributed by atoms with Crippen LogP contribution >= 0.6 is 0 Å². The lowest BCUT2D eigenvalue weighted by atomic mass is 9.78. The van der Waals surface area contributed by atoms with E-state index >= 15 is 0 Å². The van der Waals surface area contributed by atoms with Gasteiger partial charge in [0.2, 0.25) is 0 Å². The average Bonchev–Trinajstić information content (AvgIpc) is 3.09. The van der Waals surface area contributed by atoms with E-state index in [9.17, 15) is 29.4 Å². The second kappa shape index (κ2) is 14.1. The summed E-state index contributed by atoms with van der Waals surface area (Å²) in [7, 11) is 1.63. The van der Waals surface area contributed by atoms with Gasteiger partial charge < -0.3 is 30.3 Å². The lowest BCUT2D eigenvalue weighted by Crippen LogP contribution is -2.18. The lowest BCUT2D eigenvalue weighted by Gasteiger charge is -2.26. The van der Waals surface area contributed by atoms with E-state index in [2.05, 4.69) is 24.5 Å². The number of carbonyl (C=O) groups is 4. The highest BCUT2D eigenvalue weighted by Gasteiger charge is 2.24. The zero-order valence-electron chi connectivity index (χ0n) is 27.2. The quantitative estimate of drug-likeness (QED) is 0.111. The summed E-state index contributed by atoms with van der Waals surface area (Å²) in [5, 5.41) is 24.7. The van der Waals surface area contributed by atoms with Crippen LogP contribution in [0.3, 0.4) is 0 Å². The maximum absolute atomic E-state index is 13.1. The van der Waals surface area contributed by atoms with Gasteiger partial charge in [-0.05, 0) is 96.9 Å². The molecule has 0 bridgehead atoms. The predicted octanol–water partition coefficient (Wildman–Crippen LogP) is 8.02. The highest BCUT2D eigenvalue weighted by Crippen LogP contribution is 2.34. The van der Waals surface area contributed by atoms with Crippen LogP contribution in [-0.4, -0.2) is 41.1 Å². The zero-order valence-corrected chi connectivity index (χ0v) is 27.2. The van der Waals surface area contributed by atoms with Gasteiger partial charge in [-0.3, -0.25) is 9.59 Å². The maximum Gasteiger partial charge on any atom is 0.336 e. The molecule has 0 aliphatic rings. The summed E-state index contributed by atoms with van der Waals surface area (Å²) in [5.41, 5.74) is 2.88. The molecule has 0 saturated carbocycles. The molecular formula is C39H34N2O8. The summed E-state index contributed by atoms with van der Waals surface area (Å²) in [6.07, 6.45) is 0. The predicted molar refractivity (Wildman–Crippen MR) is 186 cm³/mol. The average molecular weight is 659 g/mol. The number of hydrogen-bond acceptors (Lipinski definition) is 6. The molecule has 0 aliphatic heterocycles. The third kappa shape index (κ3) is 7.77. The number of carbonyl (C=O) groups excluding carboxylic acids is 2. The zero-order chi connectivity index (χ0) is 35.3. The van der Waals surface area contributed by atoms with Gasteiger partial charge in [-0.1, -0.05) is 49.7 Å². The number of carboxylic acid groups (broad SMARTS) is 2. The van der Waals surface area contributed by atoms with Gasteiger partial charge in [0.05, 0.1) is 29.4 Å². The summed E-state index contributed by atoms with van der Waals surface area (Å²) in [6, 6.07) is 30.2. The van der Waals surface area contributed by atoms with Crippen molar-refractivity contribution in [1.82, 2.24) is 0 Å². The second-order valence-corrected chi connectivity index (χ2v) is 11.8. The Kier molecular flexibility index (Phi) is 9.79. The summed E-state index contributed by atoms with van der Waals surface area (Å²) in [6.45, 7) is 5.98. The number of aromatic carboxylic acids is 2. The normalized spacial score (nSPS) is 10.9. The standard InChI is InChI=1S/C39H34N2O8/c1-23-5-19-32(37(44)45)33(21-23)36(43)41-27-12-10-26(11-13-27)40-35(42)31-20-18-30(22-34(31)38(46)47)49-29-16-8-25(9-17-29)39(2,3)24-6-14-28(48-4)15-7-24/h5-22H,1-4H3,(H,40,42)(H,41,43)(H,44,45)(H,46,47). The number of rotatable bonds is 11. The van der Waals surface area contributed by atoms with E-state index in [1.54, 1.807) is 32.2 Å². The highest BCUT2D eigenvalue weighted by atomic mass is 16.5. The molecule has 0 unspecified atom stereocenters. The number of amides is 2. The second-order valence-electron chi connectivity index (χ2n) is 11.8. The molecule has 10 nitrogen and oxygen atoms in total. The molecule has 5 aromatic rings. The molecule has 0 radical (unpaired) electrons. The number of methoxy groups -OCH3 is 1. The number of ether oxygens (including phenoxy) is 2. The number of carboxylic acids is 2. The van der Waals surface area contributed by atoms with Crippen molar-refractivity contribution in [2.45, 2.75) is 26.2 Å². The van der Waals surface area contributed by atoms with Crippen molar-refractivity contribution < 1.29 is 38.9 Å². The molecule has 10 heteroatoms. The van der Waals surface area contributed by atoms with Crippen molar-refractivity contribution in [3.8, 4) is 17.2 Å². The van der Waals surface area contributed by atoms with Crippen molar-refractivity contribution in [1.29, 1.82) is 0 Å². The van der Waals surface area contributed by atoms with E-state index in [0.29, 0.717) is 17.1 Å². The summed E-state index contributed by atoms with van der Waals surface area (Å²) in [5.74, 6) is -2.25. The van der Waals surface area contributed by atoms with Crippen molar-refractivity contribution in [3.05, 3.63) is 148 Å². The Morgan fingerprint density at radius 2 is 1.02 bits per heavy atom. The fourth-order valence-corrected chi connectivity index (χ4v) is 5.28. The first-order valence-electron chi connectivity index (χ1n) is 15.2. The van der Waals surface area contributed by atoms with Gasteiger partial charge in [-0.2, -0.15) is 0 Å². The molecule has 49 heavy (non-hydrogen) atoms. The molecule has 248 valence electrons. The van der Waals surface area contributed by atoms with Crippen LogP contribution in [0.1, 0.15) is 72.0 Å². The minimum atomic E-state index is -1.30. The molecular weight excluding hydrogens is 624 g/mol. The Bertz CT molecular complexity index is 2030. The first kappa shape index (κ1) is 33.9. The Hall–Kier alpha value is -6.42. The summed E-state index contributed by atoms with van der Waals surface area (Å²) in [4.78, 5) is 49.6. The minimum Gasteiger partial charge on any atom is -0.497 e. The topological polar surface area (TPSA) is 151 Å². The number of anilines is 2. The smallest absolute Gasteiger partial charge is 0.336 e. The van der Waals surface area contributed by atoms with Crippen LogP contribution in [0.2, 0.25) is 0 Å². The van der Waals surface area contributed by atoms with Crippen LogP contribution in [0, 0.1) is 6.92 Å². The number of hydrogen-bond donors (Lipinski definition) is 4. The molecule has 0 aliphatic carbocycles. The molecule has 0 atom stereocenters. The molecule has 2 amide bonds. The van der Waals surface area contributed by atoms with E-state index in [4.69, 9.17) is 9.47 Å². The van der Waals surface area contributed by atoms with E-state index in [1.807, 2.05) is 36.4 Å². The van der Waals surface area contributed by atoms with Crippen LogP contribution in [0.5, 0.6) is 17.2 Å². The molecule has 4 N–H and O–H groups in total. The third-order valence-corrected chi connectivity index (χ3v) is 8.14. The minimum absolute atomic E-state index is 0.0178. The van der Waals surface area contributed by atoms with Crippen molar-refractivity contribution in [2.75, 3.05) is 17.7 Å². The monoisotopic (exact) mass is 658 g/mol. The van der Waals surface area contributed by atoms with Crippen LogP contribution in [0.15, 0.2) is 109 Å². The van der Waals surface area contributed by atoms with Gasteiger partial charge in [-0.15, -0.1) is 0 Å². The summed E-state index contributed by atoms with van der Waals surface area (Å²) >= 11 is 0. The van der Waals surface area contributed by atoms with Crippen molar-refractivity contribution in [3.63, 3.8) is 0 Å². The Morgan fingerprint density at radius 3 is 1.53 bits per heavy atom. The van der Waals surface area contributed by atoms with E-state index in [1.165, 1.54) is 54.6 Å². The lowest BCUT2D eigenvalue weighted by molar-refractivity contribution is 0.0683. The molecule has 0 heterocycles. The van der Waals surface area contributed by atoms with E-state index < -0.39 is 23.8 Å².